The summed E-state index contributed by atoms with van der Waals surface area (Å²) in [6, 6.07) is 14.2. The number of nitrogens with one attached hydrogen (secondary N) is 2. The molecule has 0 radical (unpaired) electrons. The topological polar surface area (TPSA) is 140 Å². The molecule has 10 heteroatoms. The van der Waals surface area contributed by atoms with Gasteiger partial charge in [0.25, 0.3) is 5.56 Å². The average molecular weight is 551 g/mol. The zero-order valence-corrected chi connectivity index (χ0v) is 24.1. The molecule has 0 aliphatic carbocycles. The molecule has 2 aromatic heterocycles. The van der Waals surface area contributed by atoms with Crippen LogP contribution in [0.1, 0.15) is 73.1 Å². The molecule has 2 heterocycles. The first-order valence-corrected chi connectivity index (χ1v) is 13.1. The summed E-state index contributed by atoms with van der Waals surface area (Å²) < 4.78 is 6.37. The van der Waals surface area contributed by atoms with Crippen LogP contribution in [0.5, 0.6) is 0 Å². The zero-order valence-electron chi connectivity index (χ0n) is 24.1. The molecule has 214 valence electrons. The summed E-state index contributed by atoms with van der Waals surface area (Å²) in [5, 5.41) is 15.0. The Balaban J connectivity index is 0.00000274. The van der Waals surface area contributed by atoms with Gasteiger partial charge < -0.3 is 19.7 Å². The Morgan fingerprint density at radius 1 is 1.00 bits per heavy atom. The number of hydrogen-bond donors (Lipinski definition) is 3. The number of aryl methyl sites for hydroxylation is 2. The number of ether oxygens (including phenoxy) is 1. The van der Waals surface area contributed by atoms with Crippen molar-refractivity contribution in [1.82, 2.24) is 14.9 Å². The van der Waals surface area contributed by atoms with E-state index in [1.165, 1.54) is 0 Å². The number of hydrogen-bond acceptors (Lipinski definition) is 6. The van der Waals surface area contributed by atoms with E-state index in [-0.39, 0.29) is 25.1 Å². The fourth-order valence-electron chi connectivity index (χ4n) is 3.86. The van der Waals surface area contributed by atoms with E-state index in [1.54, 1.807) is 52.8 Å². The van der Waals surface area contributed by atoms with E-state index in [0.29, 0.717) is 28.3 Å². The maximum atomic E-state index is 13.1. The highest BCUT2D eigenvalue weighted by atomic mass is 16.6. The molecule has 0 aliphatic heterocycles. The van der Waals surface area contributed by atoms with Crippen LogP contribution in [0.2, 0.25) is 0 Å². The molecule has 0 aliphatic rings. The van der Waals surface area contributed by atoms with Gasteiger partial charge in [0.2, 0.25) is 5.91 Å². The Morgan fingerprint density at radius 2 is 1.65 bits per heavy atom. The molecule has 3 aromatic rings. The minimum Gasteiger partial charge on any atom is -0.477 e. The lowest BCUT2D eigenvalue weighted by atomic mass is 10.00. The predicted molar refractivity (Wildman–Crippen MR) is 154 cm³/mol. The Morgan fingerprint density at radius 3 is 2.23 bits per heavy atom. The molecule has 10 nitrogen and oxygen atoms in total. The molecule has 0 bridgehead atoms. The molecule has 0 spiro atoms. The molecular weight excluding hydrogens is 512 g/mol. The van der Waals surface area contributed by atoms with Gasteiger partial charge in [0.15, 0.2) is 0 Å². The van der Waals surface area contributed by atoms with Gasteiger partial charge in [-0.2, -0.15) is 0 Å². The number of nitrogens with zero attached hydrogens (tertiary/aromatic N) is 2. The van der Waals surface area contributed by atoms with Gasteiger partial charge in [0.1, 0.15) is 23.5 Å². The summed E-state index contributed by atoms with van der Waals surface area (Å²) >= 11 is 0. The summed E-state index contributed by atoms with van der Waals surface area (Å²) in [6.07, 6.45) is -0.335. The van der Waals surface area contributed by atoms with Crippen LogP contribution >= 0.6 is 0 Å². The van der Waals surface area contributed by atoms with Crippen LogP contribution in [0.15, 0.2) is 53.3 Å². The van der Waals surface area contributed by atoms with Crippen molar-refractivity contribution in [3.05, 3.63) is 92.5 Å². The minimum atomic E-state index is -1.34. The highest BCUT2D eigenvalue weighted by molar-refractivity contribution is 5.89. The number of carboxylic acids is 1. The summed E-state index contributed by atoms with van der Waals surface area (Å²) in [5.74, 6) is -1.49. The third-order valence-corrected chi connectivity index (χ3v) is 5.64. The van der Waals surface area contributed by atoms with Crippen LogP contribution in [-0.2, 0) is 29.0 Å². The summed E-state index contributed by atoms with van der Waals surface area (Å²) in [6.45, 7) is 12.5. The number of carbonyl (C=O) groups is 3. The van der Waals surface area contributed by atoms with Crippen molar-refractivity contribution in [2.24, 2.45) is 0 Å². The van der Waals surface area contributed by atoms with Crippen LogP contribution in [-0.4, -0.2) is 38.2 Å². The Labute approximate surface area is 234 Å². The largest absolute Gasteiger partial charge is 0.477 e. The molecule has 1 aromatic carbocycles. The Hall–Kier alpha value is -4.47. The van der Waals surface area contributed by atoms with Crippen LogP contribution in [0.4, 0.5) is 10.6 Å². The first kappa shape index (κ1) is 31.7. The second-order valence-corrected chi connectivity index (χ2v) is 9.89. The maximum absolute atomic E-state index is 13.1. The highest BCUT2D eigenvalue weighted by Crippen LogP contribution is 2.15. The summed E-state index contributed by atoms with van der Waals surface area (Å²) in [7, 11) is 0. The molecule has 0 atom stereocenters. The number of benzene rings is 1. The van der Waals surface area contributed by atoms with Gasteiger partial charge in [-0.05, 0) is 69.9 Å². The van der Waals surface area contributed by atoms with Crippen molar-refractivity contribution in [3.8, 4) is 0 Å². The first-order valence-electron chi connectivity index (χ1n) is 13.1. The highest BCUT2D eigenvalue weighted by Gasteiger charge is 2.21. The summed E-state index contributed by atoms with van der Waals surface area (Å²) in [5.41, 5.74) is 1.33. The van der Waals surface area contributed by atoms with Gasteiger partial charge in [-0.25, -0.2) is 14.6 Å². The lowest BCUT2D eigenvalue weighted by Crippen LogP contribution is -2.36. The quantitative estimate of drug-likeness (QED) is 0.365. The SMILES string of the molecule is CC.Cc1nc(NC(=O)OC(C)(C)C)ccc1CNC(=O)Cn1c(C)cc(Cc2ccccc2)c(C(=O)O)c1=O. The van der Waals surface area contributed by atoms with Crippen molar-refractivity contribution < 1.29 is 24.2 Å². The van der Waals surface area contributed by atoms with E-state index in [0.717, 1.165) is 10.1 Å². The second-order valence-electron chi connectivity index (χ2n) is 9.89. The van der Waals surface area contributed by atoms with Gasteiger partial charge in [0.05, 0.1) is 0 Å². The maximum Gasteiger partial charge on any atom is 0.413 e. The Kier molecular flexibility index (Phi) is 11.2. The van der Waals surface area contributed by atoms with E-state index in [1.807, 2.05) is 44.2 Å². The lowest BCUT2D eigenvalue weighted by molar-refractivity contribution is -0.121. The van der Waals surface area contributed by atoms with Crippen LogP contribution in [0.3, 0.4) is 0 Å². The fraction of sp³-hybridized carbons (Fsp3) is 0.367. The number of rotatable bonds is 8. The van der Waals surface area contributed by atoms with Crippen LogP contribution in [0.25, 0.3) is 0 Å². The smallest absolute Gasteiger partial charge is 0.413 e. The van der Waals surface area contributed by atoms with Gasteiger partial charge in [0, 0.05) is 17.9 Å². The molecule has 0 saturated heterocycles. The van der Waals surface area contributed by atoms with E-state index >= 15 is 0 Å². The number of carbonyl (C=O) groups excluding carboxylic acids is 2. The standard InChI is InChI=1S/C28H32N4O6.C2H6/c1-17-13-21(14-19-9-7-6-8-10-19)24(26(35)36)25(34)32(17)16-23(33)29-15-20-11-12-22(30-18(20)2)31-27(37)38-28(3,4)5;1-2/h6-13H,14-16H2,1-5H3,(H,29,33)(H,35,36)(H,30,31,37);1-2H3. The van der Waals surface area contributed by atoms with E-state index < -0.39 is 29.1 Å². The number of anilines is 1. The van der Waals surface area contributed by atoms with Gasteiger partial charge in [-0.15, -0.1) is 0 Å². The van der Waals surface area contributed by atoms with Crippen LogP contribution < -0.4 is 16.2 Å². The van der Waals surface area contributed by atoms with Crippen molar-refractivity contribution in [2.45, 2.75) is 73.6 Å². The zero-order chi connectivity index (χ0) is 30.0. The predicted octanol–water partition coefficient (Wildman–Crippen LogP) is 4.84. The van der Waals surface area contributed by atoms with Crippen molar-refractivity contribution in [1.29, 1.82) is 0 Å². The molecule has 0 fully saturated rings. The van der Waals surface area contributed by atoms with E-state index in [2.05, 4.69) is 15.6 Å². The average Bonchev–Trinajstić information content (AvgIpc) is 2.86. The van der Waals surface area contributed by atoms with Gasteiger partial charge in [-0.3, -0.25) is 14.9 Å². The monoisotopic (exact) mass is 550 g/mol. The second kappa shape index (κ2) is 14.1. The molecule has 2 amide bonds. The van der Waals surface area contributed by atoms with E-state index in [9.17, 15) is 24.3 Å². The fourth-order valence-corrected chi connectivity index (χ4v) is 3.86. The third-order valence-electron chi connectivity index (χ3n) is 5.64. The number of aromatic nitrogens is 2. The van der Waals surface area contributed by atoms with Gasteiger partial charge >= 0.3 is 12.1 Å². The number of aromatic carboxylic acids is 1. The van der Waals surface area contributed by atoms with Gasteiger partial charge in [-0.1, -0.05) is 50.2 Å². The molecule has 3 N–H and O–H groups in total. The molecule has 0 unspecified atom stereocenters. The Bertz CT molecular complexity index is 1410. The van der Waals surface area contributed by atoms with Crippen molar-refractivity contribution in [3.63, 3.8) is 0 Å². The summed E-state index contributed by atoms with van der Waals surface area (Å²) in [4.78, 5) is 54.0. The normalized spacial score (nSPS) is 10.7. The first-order chi connectivity index (χ1) is 18.8. The third kappa shape index (κ3) is 9.07. The van der Waals surface area contributed by atoms with Crippen molar-refractivity contribution >= 4 is 23.8 Å². The lowest BCUT2D eigenvalue weighted by Gasteiger charge is -2.19. The molecule has 40 heavy (non-hydrogen) atoms. The molecule has 0 saturated carbocycles. The number of pyridine rings is 2. The number of amides is 2. The van der Waals surface area contributed by atoms with Crippen molar-refractivity contribution in [2.75, 3.05) is 5.32 Å². The minimum absolute atomic E-state index is 0.135. The molecular formula is C30H38N4O6. The molecule has 3 rings (SSSR count). The van der Waals surface area contributed by atoms with Crippen LogP contribution in [0, 0.1) is 13.8 Å². The van der Waals surface area contributed by atoms with E-state index in [4.69, 9.17) is 4.74 Å². The number of carboxylic acid groups (broad SMARTS) is 1.